The van der Waals surface area contributed by atoms with Crippen molar-refractivity contribution < 1.29 is 9.59 Å². The number of carbonyl (C=O) groups is 2. The molecule has 0 aromatic heterocycles. The third-order valence-electron chi connectivity index (χ3n) is 3.88. The van der Waals surface area contributed by atoms with Crippen molar-refractivity contribution in [2.24, 2.45) is 5.92 Å². The van der Waals surface area contributed by atoms with Gasteiger partial charge in [-0.15, -0.1) is 0 Å². The summed E-state index contributed by atoms with van der Waals surface area (Å²) in [4.78, 5) is 25.2. The monoisotopic (exact) mass is 224 g/mol. The number of nitrogens with zero attached hydrogens (tertiary/aromatic N) is 1. The minimum absolute atomic E-state index is 0.0155. The van der Waals surface area contributed by atoms with Gasteiger partial charge < -0.3 is 10.2 Å². The van der Waals surface area contributed by atoms with Gasteiger partial charge in [-0.2, -0.15) is 0 Å². The molecule has 16 heavy (non-hydrogen) atoms. The Labute approximate surface area is 96.4 Å². The predicted molar refractivity (Wildman–Crippen MR) is 60.7 cm³/mol. The van der Waals surface area contributed by atoms with Crippen molar-refractivity contribution in [1.29, 1.82) is 0 Å². The fourth-order valence-corrected chi connectivity index (χ4v) is 2.78. The Hall–Kier alpha value is -1.06. The van der Waals surface area contributed by atoms with E-state index in [4.69, 9.17) is 0 Å². The first-order valence-electron chi connectivity index (χ1n) is 6.18. The maximum Gasteiger partial charge on any atom is 0.242 e. The van der Waals surface area contributed by atoms with E-state index in [1.54, 1.807) is 0 Å². The van der Waals surface area contributed by atoms with E-state index >= 15 is 0 Å². The second-order valence-electron chi connectivity index (χ2n) is 5.11. The van der Waals surface area contributed by atoms with Gasteiger partial charge in [0.2, 0.25) is 11.8 Å². The molecule has 2 amide bonds. The van der Waals surface area contributed by atoms with Crippen LogP contribution in [0.2, 0.25) is 0 Å². The molecule has 0 bridgehead atoms. The van der Waals surface area contributed by atoms with Crippen molar-refractivity contribution in [1.82, 2.24) is 10.2 Å². The Morgan fingerprint density at radius 3 is 2.38 bits per heavy atom. The second kappa shape index (κ2) is 4.44. The molecule has 1 aliphatic carbocycles. The average Bonchev–Trinajstić information content (AvgIpc) is 2.27. The van der Waals surface area contributed by atoms with Gasteiger partial charge in [-0.25, -0.2) is 0 Å². The van der Waals surface area contributed by atoms with Crippen LogP contribution in [0.1, 0.15) is 39.5 Å². The van der Waals surface area contributed by atoms with Crippen LogP contribution in [0, 0.1) is 5.92 Å². The lowest BCUT2D eigenvalue weighted by Gasteiger charge is -2.41. The SMILES string of the molecule is CC1CCC(N2C(=O)CNC(=O)C2C)CC1. The number of piperazine rings is 1. The summed E-state index contributed by atoms with van der Waals surface area (Å²) in [6.07, 6.45) is 4.43. The minimum Gasteiger partial charge on any atom is -0.345 e. The summed E-state index contributed by atoms with van der Waals surface area (Å²) in [5, 5.41) is 2.63. The van der Waals surface area contributed by atoms with Gasteiger partial charge in [0.25, 0.3) is 0 Å². The maximum atomic E-state index is 11.8. The quantitative estimate of drug-likeness (QED) is 0.720. The van der Waals surface area contributed by atoms with Crippen LogP contribution in [-0.2, 0) is 9.59 Å². The van der Waals surface area contributed by atoms with Gasteiger partial charge in [0.15, 0.2) is 0 Å². The number of rotatable bonds is 1. The zero-order valence-electron chi connectivity index (χ0n) is 10.0. The molecule has 90 valence electrons. The first kappa shape index (κ1) is 11.4. The third-order valence-corrected chi connectivity index (χ3v) is 3.88. The highest BCUT2D eigenvalue weighted by molar-refractivity contribution is 5.94. The van der Waals surface area contributed by atoms with Gasteiger partial charge in [-0.3, -0.25) is 9.59 Å². The molecule has 1 heterocycles. The fraction of sp³-hybridized carbons (Fsp3) is 0.833. The average molecular weight is 224 g/mol. The first-order chi connectivity index (χ1) is 7.59. The molecule has 0 aromatic rings. The van der Waals surface area contributed by atoms with Crippen LogP contribution in [0.5, 0.6) is 0 Å². The van der Waals surface area contributed by atoms with Crippen LogP contribution in [0.25, 0.3) is 0 Å². The van der Waals surface area contributed by atoms with E-state index in [2.05, 4.69) is 12.2 Å². The van der Waals surface area contributed by atoms with Crippen LogP contribution < -0.4 is 5.32 Å². The number of carbonyl (C=O) groups excluding carboxylic acids is 2. The first-order valence-corrected chi connectivity index (χ1v) is 6.18. The Balaban J connectivity index is 2.06. The number of hydrogen-bond acceptors (Lipinski definition) is 2. The molecule has 0 radical (unpaired) electrons. The Morgan fingerprint density at radius 2 is 1.75 bits per heavy atom. The summed E-state index contributed by atoms with van der Waals surface area (Å²) in [5.74, 6) is 0.824. The fourth-order valence-electron chi connectivity index (χ4n) is 2.78. The number of amides is 2. The molecule has 4 heteroatoms. The lowest BCUT2D eigenvalue weighted by Crippen LogP contribution is -2.60. The van der Waals surface area contributed by atoms with Gasteiger partial charge in [0, 0.05) is 6.04 Å². The Morgan fingerprint density at radius 1 is 1.12 bits per heavy atom. The maximum absolute atomic E-state index is 11.8. The molecule has 4 nitrogen and oxygen atoms in total. The van der Waals surface area contributed by atoms with E-state index in [0.29, 0.717) is 0 Å². The van der Waals surface area contributed by atoms with E-state index in [1.165, 1.54) is 12.8 Å². The third kappa shape index (κ3) is 2.06. The van der Waals surface area contributed by atoms with E-state index in [9.17, 15) is 9.59 Å². The molecule has 2 rings (SSSR count). The van der Waals surface area contributed by atoms with Crippen LogP contribution in [0.3, 0.4) is 0 Å². The van der Waals surface area contributed by atoms with Gasteiger partial charge >= 0.3 is 0 Å². The van der Waals surface area contributed by atoms with Gasteiger partial charge in [-0.1, -0.05) is 6.92 Å². The Bertz CT molecular complexity index is 295. The lowest BCUT2D eigenvalue weighted by molar-refractivity contribution is -0.148. The molecule has 1 aliphatic heterocycles. The molecule has 1 unspecified atom stereocenters. The predicted octanol–water partition coefficient (Wildman–Crippen LogP) is 0.912. The van der Waals surface area contributed by atoms with Crippen molar-refractivity contribution in [2.75, 3.05) is 6.54 Å². The summed E-state index contributed by atoms with van der Waals surface area (Å²) < 4.78 is 0. The molecule has 1 atom stereocenters. The highest BCUT2D eigenvalue weighted by atomic mass is 16.2. The summed E-state index contributed by atoms with van der Waals surface area (Å²) >= 11 is 0. The van der Waals surface area contributed by atoms with Crippen LogP contribution in [-0.4, -0.2) is 35.3 Å². The summed E-state index contributed by atoms with van der Waals surface area (Å²) in [6.45, 7) is 4.25. The molecule has 1 N–H and O–H groups in total. The smallest absolute Gasteiger partial charge is 0.242 e. The van der Waals surface area contributed by atoms with Gasteiger partial charge in [0.05, 0.1) is 6.54 Å². The summed E-state index contributed by atoms with van der Waals surface area (Å²) in [6, 6.07) is -0.00981. The molecule has 0 aromatic carbocycles. The molecule has 1 saturated carbocycles. The molecular formula is C12H20N2O2. The molecule has 0 spiro atoms. The van der Waals surface area contributed by atoms with E-state index in [0.717, 1.165) is 18.8 Å². The Kier molecular flexibility index (Phi) is 3.17. The molecule has 1 saturated heterocycles. The van der Waals surface area contributed by atoms with Crippen molar-refractivity contribution in [3.63, 3.8) is 0 Å². The van der Waals surface area contributed by atoms with Crippen molar-refractivity contribution in [3.05, 3.63) is 0 Å². The van der Waals surface area contributed by atoms with Crippen molar-refractivity contribution >= 4 is 11.8 Å². The van der Waals surface area contributed by atoms with Crippen molar-refractivity contribution in [3.8, 4) is 0 Å². The minimum atomic E-state index is -0.292. The number of nitrogens with one attached hydrogen (secondary N) is 1. The molecule has 2 fully saturated rings. The topological polar surface area (TPSA) is 49.4 Å². The molecule has 2 aliphatic rings. The van der Waals surface area contributed by atoms with E-state index in [-0.39, 0.29) is 30.4 Å². The number of hydrogen-bond donors (Lipinski definition) is 1. The van der Waals surface area contributed by atoms with E-state index < -0.39 is 0 Å². The lowest BCUT2D eigenvalue weighted by atomic mass is 9.85. The van der Waals surface area contributed by atoms with Crippen molar-refractivity contribution in [2.45, 2.75) is 51.6 Å². The summed E-state index contributed by atoms with van der Waals surface area (Å²) in [7, 11) is 0. The largest absolute Gasteiger partial charge is 0.345 e. The second-order valence-corrected chi connectivity index (χ2v) is 5.11. The zero-order valence-corrected chi connectivity index (χ0v) is 10.0. The van der Waals surface area contributed by atoms with Gasteiger partial charge in [0.1, 0.15) is 6.04 Å². The standard InChI is InChI=1S/C12H20N2O2/c1-8-3-5-10(6-4-8)14-9(2)12(16)13-7-11(14)15/h8-10H,3-7H2,1-2H3,(H,13,16). The van der Waals surface area contributed by atoms with Crippen LogP contribution in [0.15, 0.2) is 0 Å². The molecular weight excluding hydrogens is 204 g/mol. The zero-order chi connectivity index (χ0) is 11.7. The van der Waals surface area contributed by atoms with Gasteiger partial charge in [-0.05, 0) is 38.5 Å². The summed E-state index contributed by atoms with van der Waals surface area (Å²) in [5.41, 5.74) is 0. The highest BCUT2D eigenvalue weighted by Crippen LogP contribution is 2.28. The highest BCUT2D eigenvalue weighted by Gasteiger charge is 2.36. The van der Waals surface area contributed by atoms with Crippen LogP contribution in [0.4, 0.5) is 0 Å². The normalized spacial score (nSPS) is 36.1. The van der Waals surface area contributed by atoms with Crippen LogP contribution >= 0.6 is 0 Å². The van der Waals surface area contributed by atoms with E-state index in [1.807, 2.05) is 11.8 Å².